The van der Waals surface area contributed by atoms with E-state index >= 15 is 0 Å². The average Bonchev–Trinajstić information content (AvgIpc) is 2.60. The lowest BCUT2D eigenvalue weighted by Crippen LogP contribution is -2.19. The van der Waals surface area contributed by atoms with Crippen LogP contribution >= 0.6 is 11.8 Å². The van der Waals surface area contributed by atoms with Gasteiger partial charge in [-0.2, -0.15) is 0 Å². The Morgan fingerprint density at radius 3 is 2.42 bits per heavy atom. The fourth-order valence-corrected chi connectivity index (χ4v) is 2.72. The van der Waals surface area contributed by atoms with Crippen LogP contribution in [0.2, 0.25) is 0 Å². The summed E-state index contributed by atoms with van der Waals surface area (Å²) in [6, 6.07) is 3.02. The molecule has 0 radical (unpaired) electrons. The molecule has 2 rings (SSSR count). The Hall–Kier alpha value is -1.80. The van der Waals surface area contributed by atoms with Crippen LogP contribution in [-0.2, 0) is 14.1 Å². The summed E-state index contributed by atoms with van der Waals surface area (Å²) >= 11 is 1.20. The second-order valence-corrected chi connectivity index (χ2v) is 5.18. The molecular formula is C11H13N3O4S. The highest BCUT2D eigenvalue weighted by Gasteiger charge is 2.19. The number of nitrogens with zero attached hydrogens (tertiary/aromatic N) is 3. The molecule has 7 nitrogen and oxygen atoms in total. The van der Waals surface area contributed by atoms with Gasteiger partial charge in [0.15, 0.2) is 0 Å². The first-order valence-corrected chi connectivity index (χ1v) is 6.53. The van der Waals surface area contributed by atoms with Gasteiger partial charge in [0.25, 0.3) is 5.69 Å². The first-order valence-electron chi connectivity index (χ1n) is 5.55. The number of thioether (sulfide) groups is 1. The lowest BCUT2D eigenvalue weighted by Gasteiger charge is -2.03. The quantitative estimate of drug-likeness (QED) is 0.511. The number of nitro groups is 1. The van der Waals surface area contributed by atoms with Gasteiger partial charge in [-0.25, -0.2) is 4.79 Å². The predicted octanol–water partition coefficient (Wildman–Crippen LogP) is 0.870. The maximum absolute atomic E-state index is 11.8. The molecule has 1 aromatic carbocycles. The smallest absolute Gasteiger partial charge is 0.328 e. The van der Waals surface area contributed by atoms with Crippen molar-refractivity contribution >= 4 is 28.5 Å². The summed E-state index contributed by atoms with van der Waals surface area (Å²) < 4.78 is 2.82. The highest BCUT2D eigenvalue weighted by atomic mass is 32.2. The van der Waals surface area contributed by atoms with E-state index < -0.39 is 4.92 Å². The maximum atomic E-state index is 11.8. The monoisotopic (exact) mass is 283 g/mol. The van der Waals surface area contributed by atoms with Crippen molar-refractivity contribution in [1.29, 1.82) is 0 Å². The minimum atomic E-state index is -0.476. The minimum Gasteiger partial charge on any atom is -0.396 e. The van der Waals surface area contributed by atoms with E-state index in [1.54, 1.807) is 20.2 Å². The zero-order chi connectivity index (χ0) is 14.2. The first kappa shape index (κ1) is 13.6. The van der Waals surface area contributed by atoms with Gasteiger partial charge in [-0.3, -0.25) is 19.2 Å². The lowest BCUT2D eigenvalue weighted by molar-refractivity contribution is -0.387. The van der Waals surface area contributed by atoms with Crippen molar-refractivity contribution in [3.05, 3.63) is 32.7 Å². The van der Waals surface area contributed by atoms with Crippen LogP contribution in [0, 0.1) is 10.1 Å². The molecule has 0 aliphatic carbocycles. The number of fused-ring (bicyclic) bond motifs is 1. The number of aromatic nitrogens is 2. The molecule has 19 heavy (non-hydrogen) atoms. The second-order valence-electron chi connectivity index (χ2n) is 4.04. The van der Waals surface area contributed by atoms with Crippen LogP contribution in [0.4, 0.5) is 5.69 Å². The van der Waals surface area contributed by atoms with Crippen LogP contribution in [0.3, 0.4) is 0 Å². The van der Waals surface area contributed by atoms with Crippen LogP contribution in [0.15, 0.2) is 21.8 Å². The number of benzene rings is 1. The summed E-state index contributed by atoms with van der Waals surface area (Å²) in [6.45, 7) is -0.0619. The van der Waals surface area contributed by atoms with Gasteiger partial charge >= 0.3 is 5.69 Å². The molecule has 1 N–H and O–H groups in total. The minimum absolute atomic E-state index is 0.0489. The number of aryl methyl sites for hydroxylation is 2. The number of hydrogen-bond acceptors (Lipinski definition) is 5. The SMILES string of the molecule is Cn1c(=O)n(C)c2cc([N+](=O)[O-])c(SCCO)cc21. The zero-order valence-corrected chi connectivity index (χ0v) is 11.3. The van der Waals surface area contributed by atoms with Gasteiger partial charge < -0.3 is 5.11 Å². The van der Waals surface area contributed by atoms with Crippen LogP contribution in [0.5, 0.6) is 0 Å². The Kier molecular flexibility index (Phi) is 3.63. The van der Waals surface area contributed by atoms with E-state index in [4.69, 9.17) is 5.11 Å². The molecule has 0 unspecified atom stereocenters. The number of aliphatic hydroxyl groups excluding tert-OH is 1. The molecule has 0 aliphatic heterocycles. The van der Waals surface area contributed by atoms with Crippen molar-refractivity contribution in [2.45, 2.75) is 4.90 Å². The van der Waals surface area contributed by atoms with Crippen LogP contribution in [-0.4, -0.2) is 31.5 Å². The zero-order valence-electron chi connectivity index (χ0n) is 10.5. The molecule has 0 saturated carbocycles. The van der Waals surface area contributed by atoms with Crippen LogP contribution in [0.1, 0.15) is 0 Å². The fraction of sp³-hybridized carbons (Fsp3) is 0.364. The van der Waals surface area contributed by atoms with E-state index in [0.29, 0.717) is 21.7 Å². The molecule has 0 atom stereocenters. The Morgan fingerprint density at radius 2 is 1.89 bits per heavy atom. The van der Waals surface area contributed by atoms with Crippen LogP contribution < -0.4 is 5.69 Å². The van der Waals surface area contributed by atoms with Crippen molar-refractivity contribution in [3.8, 4) is 0 Å². The molecule has 0 amide bonds. The van der Waals surface area contributed by atoms with Gasteiger partial charge in [0.05, 0.1) is 27.5 Å². The fourth-order valence-electron chi connectivity index (χ4n) is 1.93. The van der Waals surface area contributed by atoms with Crippen molar-refractivity contribution in [3.63, 3.8) is 0 Å². The van der Waals surface area contributed by atoms with E-state index in [2.05, 4.69) is 0 Å². The van der Waals surface area contributed by atoms with E-state index in [1.807, 2.05) is 0 Å². The molecule has 0 bridgehead atoms. The third kappa shape index (κ3) is 2.24. The summed E-state index contributed by atoms with van der Waals surface area (Å²) in [6.07, 6.45) is 0. The third-order valence-electron chi connectivity index (χ3n) is 2.90. The molecule has 1 heterocycles. The molecular weight excluding hydrogens is 270 g/mol. The summed E-state index contributed by atoms with van der Waals surface area (Å²) in [7, 11) is 3.20. The van der Waals surface area contributed by atoms with Crippen molar-refractivity contribution in [2.24, 2.45) is 14.1 Å². The van der Waals surface area contributed by atoms with Gasteiger partial charge in [-0.1, -0.05) is 0 Å². The number of nitro benzene ring substituents is 1. The highest BCUT2D eigenvalue weighted by Crippen LogP contribution is 2.32. The molecule has 8 heteroatoms. The van der Waals surface area contributed by atoms with Gasteiger partial charge in [0.1, 0.15) is 0 Å². The van der Waals surface area contributed by atoms with Gasteiger partial charge in [-0.05, 0) is 6.07 Å². The predicted molar refractivity (Wildman–Crippen MR) is 72.6 cm³/mol. The number of imidazole rings is 1. The average molecular weight is 283 g/mol. The molecule has 0 aliphatic rings. The molecule has 0 saturated heterocycles. The Bertz CT molecular complexity index is 704. The largest absolute Gasteiger partial charge is 0.396 e. The van der Waals surface area contributed by atoms with Crippen molar-refractivity contribution < 1.29 is 10.0 Å². The molecule has 2 aromatic rings. The van der Waals surface area contributed by atoms with E-state index in [1.165, 1.54) is 27.0 Å². The number of rotatable bonds is 4. The Morgan fingerprint density at radius 1 is 1.32 bits per heavy atom. The van der Waals surface area contributed by atoms with E-state index in [9.17, 15) is 14.9 Å². The topological polar surface area (TPSA) is 90.3 Å². The van der Waals surface area contributed by atoms with Crippen molar-refractivity contribution in [2.75, 3.05) is 12.4 Å². The van der Waals surface area contributed by atoms with Crippen LogP contribution in [0.25, 0.3) is 11.0 Å². The van der Waals surface area contributed by atoms with E-state index in [-0.39, 0.29) is 18.0 Å². The Balaban J connectivity index is 2.73. The molecule has 0 fully saturated rings. The van der Waals surface area contributed by atoms with Crippen molar-refractivity contribution in [1.82, 2.24) is 9.13 Å². The normalized spacial score (nSPS) is 11.1. The summed E-state index contributed by atoms with van der Waals surface area (Å²) in [5.41, 5.74) is 0.881. The summed E-state index contributed by atoms with van der Waals surface area (Å²) in [5.74, 6) is 0.368. The molecule has 1 aromatic heterocycles. The molecule has 0 spiro atoms. The summed E-state index contributed by atoms with van der Waals surface area (Å²) in [4.78, 5) is 22.8. The molecule has 102 valence electrons. The van der Waals surface area contributed by atoms with Gasteiger partial charge in [0, 0.05) is 25.9 Å². The lowest BCUT2D eigenvalue weighted by atomic mass is 10.2. The second kappa shape index (κ2) is 5.06. The standard InChI is InChI=1S/C11H13N3O4S/c1-12-7-5-9(14(17)18)10(19-4-3-15)6-8(7)13(2)11(12)16/h5-6,15H,3-4H2,1-2H3. The third-order valence-corrected chi connectivity index (χ3v) is 3.92. The van der Waals surface area contributed by atoms with Gasteiger partial charge in [0.2, 0.25) is 0 Å². The Labute approximate surface area is 112 Å². The van der Waals surface area contributed by atoms with Gasteiger partial charge in [-0.15, -0.1) is 11.8 Å². The highest BCUT2D eigenvalue weighted by molar-refractivity contribution is 7.99. The number of hydrogen-bond donors (Lipinski definition) is 1. The first-order chi connectivity index (χ1) is 8.97. The number of aliphatic hydroxyl groups is 1. The maximum Gasteiger partial charge on any atom is 0.328 e. The van der Waals surface area contributed by atoms with E-state index in [0.717, 1.165) is 0 Å². The summed E-state index contributed by atoms with van der Waals surface area (Å²) in [5, 5.41) is 19.9.